The van der Waals surface area contributed by atoms with Crippen molar-refractivity contribution in [2.75, 3.05) is 19.5 Å². The number of hydrogen-bond acceptors (Lipinski definition) is 8. The van der Waals surface area contributed by atoms with Crippen LogP contribution in [0.3, 0.4) is 0 Å². The Balaban J connectivity index is 1.50. The molecule has 134 valence electrons. The number of aromatic nitrogens is 3. The summed E-state index contributed by atoms with van der Waals surface area (Å²) in [5, 5.41) is 14.9. The van der Waals surface area contributed by atoms with Crippen LogP contribution in [-0.4, -0.2) is 35.3 Å². The molecule has 0 unspecified atom stereocenters. The average Bonchev–Trinajstić information content (AvgIpc) is 3.20. The van der Waals surface area contributed by atoms with Gasteiger partial charge in [-0.05, 0) is 31.0 Å². The minimum Gasteiger partial charge on any atom is -0.493 e. The van der Waals surface area contributed by atoms with E-state index in [0.29, 0.717) is 28.2 Å². The van der Waals surface area contributed by atoms with E-state index < -0.39 is 0 Å². The molecule has 1 aromatic carbocycles. The molecule has 0 spiro atoms. The monoisotopic (exact) mass is 388 g/mol. The minimum absolute atomic E-state index is 0.286. The quantitative estimate of drug-likeness (QED) is 0.691. The van der Waals surface area contributed by atoms with E-state index >= 15 is 0 Å². The van der Waals surface area contributed by atoms with Crippen LogP contribution in [0.4, 0.5) is 5.13 Å². The third-order valence-corrected chi connectivity index (χ3v) is 5.85. The molecule has 1 fully saturated rings. The molecule has 26 heavy (non-hydrogen) atoms. The standard InChI is InChI=1S/C17H16N4O3S2/c1-23-12-6-5-10(7-13(12)24-2)15-18-11(8-25-15)14(22)19-17-21-20-16(26-17)9-3-4-9/h5-9H,3-4H2,1-2H3,(H,19,21,22). The van der Waals surface area contributed by atoms with E-state index in [1.54, 1.807) is 19.6 Å². The molecule has 0 bridgehead atoms. The van der Waals surface area contributed by atoms with Crippen molar-refractivity contribution in [1.29, 1.82) is 0 Å². The lowest BCUT2D eigenvalue weighted by Gasteiger charge is -2.08. The van der Waals surface area contributed by atoms with Gasteiger partial charge in [-0.15, -0.1) is 21.5 Å². The van der Waals surface area contributed by atoms with Crippen LogP contribution < -0.4 is 14.8 Å². The zero-order valence-electron chi connectivity index (χ0n) is 14.2. The van der Waals surface area contributed by atoms with Gasteiger partial charge < -0.3 is 9.47 Å². The first-order valence-corrected chi connectivity index (χ1v) is 9.70. The summed E-state index contributed by atoms with van der Waals surface area (Å²) in [4.78, 5) is 16.8. The number of benzene rings is 1. The van der Waals surface area contributed by atoms with Gasteiger partial charge in [-0.3, -0.25) is 10.1 Å². The summed E-state index contributed by atoms with van der Waals surface area (Å²) >= 11 is 2.82. The third-order valence-electron chi connectivity index (χ3n) is 3.95. The van der Waals surface area contributed by atoms with Crippen molar-refractivity contribution in [3.63, 3.8) is 0 Å². The fourth-order valence-corrected chi connectivity index (χ4v) is 4.13. The van der Waals surface area contributed by atoms with E-state index in [1.165, 1.54) is 22.7 Å². The van der Waals surface area contributed by atoms with Crippen LogP contribution in [0.2, 0.25) is 0 Å². The highest BCUT2D eigenvalue weighted by Gasteiger charge is 2.28. The van der Waals surface area contributed by atoms with Crippen molar-refractivity contribution < 1.29 is 14.3 Å². The van der Waals surface area contributed by atoms with Crippen LogP contribution in [0.25, 0.3) is 10.6 Å². The maximum absolute atomic E-state index is 12.4. The van der Waals surface area contributed by atoms with Crippen molar-refractivity contribution in [3.05, 3.63) is 34.3 Å². The summed E-state index contributed by atoms with van der Waals surface area (Å²) in [5.74, 6) is 1.50. The molecule has 4 rings (SSSR count). The largest absolute Gasteiger partial charge is 0.493 e. The van der Waals surface area contributed by atoms with Crippen molar-refractivity contribution in [2.24, 2.45) is 0 Å². The lowest BCUT2D eigenvalue weighted by Crippen LogP contribution is -2.12. The number of thiazole rings is 1. The Bertz CT molecular complexity index is 949. The first-order valence-electron chi connectivity index (χ1n) is 8.00. The Hall–Kier alpha value is -2.52. The molecule has 7 nitrogen and oxygen atoms in total. The Kier molecular flexibility index (Phi) is 4.56. The van der Waals surface area contributed by atoms with E-state index in [2.05, 4.69) is 20.5 Å². The molecule has 0 radical (unpaired) electrons. The Morgan fingerprint density at radius 2 is 2.00 bits per heavy atom. The molecule has 0 saturated heterocycles. The molecule has 1 aliphatic carbocycles. The summed E-state index contributed by atoms with van der Waals surface area (Å²) in [6.45, 7) is 0. The van der Waals surface area contributed by atoms with E-state index in [-0.39, 0.29) is 5.91 Å². The molecule has 1 amide bonds. The van der Waals surface area contributed by atoms with Gasteiger partial charge in [0.1, 0.15) is 15.7 Å². The summed E-state index contributed by atoms with van der Waals surface area (Å²) in [7, 11) is 3.17. The van der Waals surface area contributed by atoms with Crippen LogP contribution >= 0.6 is 22.7 Å². The van der Waals surface area contributed by atoms with Gasteiger partial charge in [-0.2, -0.15) is 0 Å². The predicted octanol–water partition coefficient (Wildman–Crippen LogP) is 3.81. The molecule has 9 heteroatoms. The average molecular weight is 388 g/mol. The molecule has 1 N–H and O–H groups in total. The molecule has 3 aromatic rings. The number of methoxy groups -OCH3 is 2. The molecular formula is C17H16N4O3S2. The highest BCUT2D eigenvalue weighted by atomic mass is 32.1. The Morgan fingerprint density at radius 1 is 1.19 bits per heavy atom. The number of nitrogens with one attached hydrogen (secondary N) is 1. The lowest BCUT2D eigenvalue weighted by molar-refractivity contribution is 0.102. The maximum Gasteiger partial charge on any atom is 0.276 e. The first kappa shape index (κ1) is 16.9. The highest BCUT2D eigenvalue weighted by Crippen LogP contribution is 2.42. The van der Waals surface area contributed by atoms with Crippen LogP contribution in [0, 0.1) is 0 Å². The molecule has 1 aliphatic rings. The van der Waals surface area contributed by atoms with Crippen molar-refractivity contribution in [2.45, 2.75) is 18.8 Å². The number of rotatable bonds is 6. The van der Waals surface area contributed by atoms with E-state index in [9.17, 15) is 4.79 Å². The first-order chi connectivity index (χ1) is 12.7. The fraction of sp³-hybridized carbons (Fsp3) is 0.294. The van der Waals surface area contributed by atoms with E-state index in [0.717, 1.165) is 28.4 Å². The second-order valence-electron chi connectivity index (χ2n) is 5.78. The Morgan fingerprint density at radius 3 is 2.73 bits per heavy atom. The van der Waals surface area contributed by atoms with Gasteiger partial charge in [-0.25, -0.2) is 4.98 Å². The zero-order chi connectivity index (χ0) is 18.1. The maximum atomic E-state index is 12.4. The predicted molar refractivity (Wildman–Crippen MR) is 100 cm³/mol. The zero-order valence-corrected chi connectivity index (χ0v) is 15.8. The number of carbonyl (C=O) groups is 1. The smallest absolute Gasteiger partial charge is 0.276 e. The molecule has 2 aromatic heterocycles. The third kappa shape index (κ3) is 3.40. The van der Waals surface area contributed by atoms with E-state index in [1.807, 2.05) is 18.2 Å². The number of carbonyl (C=O) groups excluding carboxylic acids is 1. The number of nitrogens with zero attached hydrogens (tertiary/aromatic N) is 3. The van der Waals surface area contributed by atoms with Crippen LogP contribution in [0.15, 0.2) is 23.6 Å². The van der Waals surface area contributed by atoms with Crippen molar-refractivity contribution >= 4 is 33.7 Å². The number of amides is 1. The Labute approximate surface area is 158 Å². The highest BCUT2D eigenvalue weighted by molar-refractivity contribution is 7.15. The number of anilines is 1. The molecule has 0 atom stereocenters. The summed E-state index contributed by atoms with van der Waals surface area (Å²) in [5.41, 5.74) is 1.21. The van der Waals surface area contributed by atoms with Gasteiger partial charge in [0.05, 0.1) is 14.2 Å². The van der Waals surface area contributed by atoms with Crippen molar-refractivity contribution in [1.82, 2.24) is 15.2 Å². The molecule has 2 heterocycles. The van der Waals surface area contributed by atoms with Crippen LogP contribution in [0.5, 0.6) is 11.5 Å². The van der Waals surface area contributed by atoms with Crippen molar-refractivity contribution in [3.8, 4) is 22.1 Å². The SMILES string of the molecule is COc1ccc(-c2nc(C(=O)Nc3nnc(C4CC4)s3)cs2)cc1OC. The summed E-state index contributed by atoms with van der Waals surface area (Å²) in [6.07, 6.45) is 2.31. The van der Waals surface area contributed by atoms with Gasteiger partial charge in [-0.1, -0.05) is 11.3 Å². The number of hydrogen-bond donors (Lipinski definition) is 1. The van der Waals surface area contributed by atoms with Gasteiger partial charge in [0, 0.05) is 16.9 Å². The normalized spacial score (nSPS) is 13.5. The van der Waals surface area contributed by atoms with Crippen LogP contribution in [0.1, 0.15) is 34.3 Å². The fourth-order valence-electron chi connectivity index (χ4n) is 2.42. The van der Waals surface area contributed by atoms with Gasteiger partial charge >= 0.3 is 0 Å². The second-order valence-corrected chi connectivity index (χ2v) is 7.65. The minimum atomic E-state index is -0.286. The van der Waals surface area contributed by atoms with Crippen LogP contribution in [-0.2, 0) is 0 Å². The molecular weight excluding hydrogens is 372 g/mol. The van der Waals surface area contributed by atoms with E-state index in [4.69, 9.17) is 9.47 Å². The van der Waals surface area contributed by atoms with Gasteiger partial charge in [0.2, 0.25) is 5.13 Å². The number of ether oxygens (including phenoxy) is 2. The van der Waals surface area contributed by atoms with Gasteiger partial charge in [0.15, 0.2) is 11.5 Å². The van der Waals surface area contributed by atoms with Gasteiger partial charge in [0.25, 0.3) is 5.91 Å². The topological polar surface area (TPSA) is 86.2 Å². The second kappa shape index (κ2) is 7.00. The summed E-state index contributed by atoms with van der Waals surface area (Å²) in [6, 6.07) is 5.54. The summed E-state index contributed by atoms with van der Waals surface area (Å²) < 4.78 is 10.6. The molecule has 1 saturated carbocycles. The molecule has 0 aliphatic heterocycles. The lowest BCUT2D eigenvalue weighted by atomic mass is 10.2.